The standard InChI is InChI=1S/C23H32N6O2S/c1-16-14-20(28(2)27-16)26-21(30)19-15-32-22(25-19)18-9-12-29(13-10-18)23(31)24-11-8-17-6-4-3-5-7-17/h6,14-15,18H,3-5,7-13H2,1-2H3,(H,24,31)(H,26,30). The molecular weight excluding hydrogens is 424 g/mol. The molecule has 0 atom stereocenters. The monoisotopic (exact) mass is 456 g/mol. The first-order valence-corrected chi connectivity index (χ1v) is 12.4. The highest BCUT2D eigenvalue weighted by atomic mass is 32.1. The van der Waals surface area contributed by atoms with Gasteiger partial charge in [0.25, 0.3) is 5.91 Å². The van der Waals surface area contributed by atoms with Crippen LogP contribution in [0.15, 0.2) is 23.1 Å². The van der Waals surface area contributed by atoms with Gasteiger partial charge in [0.15, 0.2) is 0 Å². The molecule has 4 rings (SSSR count). The van der Waals surface area contributed by atoms with Gasteiger partial charge in [-0.15, -0.1) is 11.3 Å². The Morgan fingerprint density at radius 3 is 2.75 bits per heavy atom. The lowest BCUT2D eigenvalue weighted by molar-refractivity contribution is 0.102. The normalized spacial score (nSPS) is 17.2. The maximum absolute atomic E-state index is 12.6. The molecule has 172 valence electrons. The Morgan fingerprint density at radius 2 is 2.06 bits per heavy atom. The van der Waals surface area contributed by atoms with Gasteiger partial charge in [-0.05, 0) is 51.9 Å². The summed E-state index contributed by atoms with van der Waals surface area (Å²) < 4.78 is 1.65. The van der Waals surface area contributed by atoms with Crippen LogP contribution in [0.25, 0.3) is 0 Å². The Kier molecular flexibility index (Phi) is 7.24. The van der Waals surface area contributed by atoms with Crippen molar-refractivity contribution < 1.29 is 9.59 Å². The van der Waals surface area contributed by atoms with Crippen molar-refractivity contribution in [2.24, 2.45) is 7.05 Å². The molecule has 1 fully saturated rings. The number of amides is 3. The van der Waals surface area contributed by atoms with Gasteiger partial charge in [0, 0.05) is 44.0 Å². The van der Waals surface area contributed by atoms with Crippen molar-refractivity contribution in [2.75, 3.05) is 25.0 Å². The lowest BCUT2D eigenvalue weighted by atomic mass is 9.97. The van der Waals surface area contributed by atoms with Crippen LogP contribution in [0.5, 0.6) is 0 Å². The van der Waals surface area contributed by atoms with E-state index in [-0.39, 0.29) is 17.9 Å². The summed E-state index contributed by atoms with van der Waals surface area (Å²) in [6.07, 6.45) is 9.96. The number of carbonyl (C=O) groups is 2. The number of nitrogens with one attached hydrogen (secondary N) is 2. The highest BCUT2D eigenvalue weighted by molar-refractivity contribution is 7.10. The van der Waals surface area contributed by atoms with Gasteiger partial charge >= 0.3 is 6.03 Å². The molecule has 2 aromatic rings. The molecule has 3 amide bonds. The number of rotatable bonds is 6. The number of carbonyl (C=O) groups excluding carboxylic acids is 2. The molecule has 2 aliphatic rings. The Hall–Kier alpha value is -2.68. The van der Waals surface area contributed by atoms with E-state index in [0.29, 0.717) is 31.1 Å². The summed E-state index contributed by atoms with van der Waals surface area (Å²) in [4.78, 5) is 31.5. The van der Waals surface area contributed by atoms with E-state index >= 15 is 0 Å². The van der Waals surface area contributed by atoms with E-state index in [1.54, 1.807) is 11.7 Å². The van der Waals surface area contributed by atoms with Crippen molar-refractivity contribution in [2.45, 2.75) is 57.8 Å². The second kappa shape index (κ2) is 10.3. The Labute approximate surface area is 193 Å². The molecule has 0 aromatic carbocycles. The zero-order chi connectivity index (χ0) is 22.5. The van der Waals surface area contributed by atoms with E-state index < -0.39 is 0 Å². The average molecular weight is 457 g/mol. The summed E-state index contributed by atoms with van der Waals surface area (Å²) in [7, 11) is 1.80. The smallest absolute Gasteiger partial charge is 0.317 e. The van der Waals surface area contributed by atoms with E-state index in [2.05, 4.69) is 26.8 Å². The first kappa shape index (κ1) is 22.5. The molecule has 1 aliphatic heterocycles. The van der Waals surface area contributed by atoms with Gasteiger partial charge in [-0.2, -0.15) is 5.10 Å². The predicted octanol–water partition coefficient (Wildman–Crippen LogP) is 4.22. The molecule has 8 nitrogen and oxygen atoms in total. The number of hydrogen-bond acceptors (Lipinski definition) is 5. The molecule has 0 radical (unpaired) electrons. The highest BCUT2D eigenvalue weighted by Gasteiger charge is 2.26. The van der Waals surface area contributed by atoms with E-state index in [9.17, 15) is 9.59 Å². The summed E-state index contributed by atoms with van der Waals surface area (Å²) >= 11 is 1.52. The number of piperidine rings is 1. The van der Waals surface area contributed by atoms with Gasteiger partial charge in [0.2, 0.25) is 0 Å². The zero-order valence-corrected chi connectivity index (χ0v) is 19.7. The molecule has 9 heteroatoms. The van der Waals surface area contributed by atoms with Gasteiger partial charge in [-0.3, -0.25) is 9.48 Å². The molecule has 2 N–H and O–H groups in total. The fourth-order valence-corrected chi connectivity index (χ4v) is 5.36. The third-order valence-electron chi connectivity index (χ3n) is 6.24. The third-order valence-corrected chi connectivity index (χ3v) is 7.24. The molecule has 0 bridgehead atoms. The Morgan fingerprint density at radius 1 is 1.25 bits per heavy atom. The lowest BCUT2D eigenvalue weighted by Gasteiger charge is -2.31. The van der Waals surface area contributed by atoms with Crippen LogP contribution in [0, 0.1) is 6.92 Å². The first-order chi connectivity index (χ1) is 15.5. The largest absolute Gasteiger partial charge is 0.338 e. The van der Waals surface area contributed by atoms with Crippen molar-refractivity contribution in [1.82, 2.24) is 25.0 Å². The fourth-order valence-electron chi connectivity index (χ4n) is 4.39. The zero-order valence-electron chi connectivity index (χ0n) is 18.9. The van der Waals surface area contributed by atoms with Crippen LogP contribution in [0.1, 0.15) is 72.1 Å². The first-order valence-electron chi connectivity index (χ1n) is 11.5. The number of likely N-dealkylation sites (tertiary alicyclic amines) is 1. The van der Waals surface area contributed by atoms with Crippen LogP contribution in [0.3, 0.4) is 0 Å². The minimum Gasteiger partial charge on any atom is -0.338 e. The summed E-state index contributed by atoms with van der Waals surface area (Å²) in [6.45, 7) is 4.03. The highest BCUT2D eigenvalue weighted by Crippen LogP contribution is 2.30. The summed E-state index contributed by atoms with van der Waals surface area (Å²) in [6, 6.07) is 1.86. The van der Waals surface area contributed by atoms with E-state index in [0.717, 1.165) is 30.0 Å². The molecule has 0 saturated carbocycles. The number of allylic oxidation sites excluding steroid dienone is 1. The van der Waals surface area contributed by atoms with Crippen molar-refractivity contribution in [3.05, 3.63) is 39.5 Å². The van der Waals surface area contributed by atoms with Gasteiger partial charge in [-0.1, -0.05) is 11.6 Å². The number of thiazole rings is 1. The molecule has 1 aliphatic carbocycles. The molecule has 3 heterocycles. The van der Waals surface area contributed by atoms with E-state index in [1.165, 1.54) is 42.6 Å². The summed E-state index contributed by atoms with van der Waals surface area (Å²) in [5, 5.41) is 13.0. The lowest BCUT2D eigenvalue weighted by Crippen LogP contribution is -2.44. The van der Waals surface area contributed by atoms with Gasteiger partial charge < -0.3 is 15.5 Å². The minimum atomic E-state index is -0.222. The Bertz CT molecular complexity index is 987. The van der Waals surface area contributed by atoms with Crippen molar-refractivity contribution in [3.63, 3.8) is 0 Å². The summed E-state index contributed by atoms with van der Waals surface area (Å²) in [5.74, 6) is 0.721. The van der Waals surface area contributed by atoms with Crippen LogP contribution in [0.4, 0.5) is 10.6 Å². The fraction of sp³-hybridized carbons (Fsp3) is 0.565. The average Bonchev–Trinajstić information content (AvgIpc) is 3.41. The number of aromatic nitrogens is 3. The molecule has 0 unspecified atom stereocenters. The van der Waals surface area contributed by atoms with Crippen LogP contribution < -0.4 is 10.6 Å². The SMILES string of the molecule is Cc1cc(NC(=O)c2csc(C3CCN(C(=O)NCCC4=CCCCC4)CC3)n2)n(C)n1. The molecule has 0 spiro atoms. The number of urea groups is 1. The van der Waals surface area contributed by atoms with Crippen LogP contribution >= 0.6 is 11.3 Å². The molecular formula is C23H32N6O2S. The van der Waals surface area contributed by atoms with Gasteiger partial charge in [0.1, 0.15) is 11.5 Å². The van der Waals surface area contributed by atoms with Crippen molar-refractivity contribution in [1.29, 1.82) is 0 Å². The quantitative estimate of drug-likeness (QED) is 0.637. The van der Waals surface area contributed by atoms with Crippen LogP contribution in [-0.2, 0) is 7.05 Å². The van der Waals surface area contributed by atoms with Crippen LogP contribution in [0.2, 0.25) is 0 Å². The summed E-state index contributed by atoms with van der Waals surface area (Å²) in [5.41, 5.74) is 2.77. The van der Waals surface area contributed by atoms with E-state index in [1.807, 2.05) is 23.3 Å². The van der Waals surface area contributed by atoms with Gasteiger partial charge in [0.05, 0.1) is 10.7 Å². The third kappa shape index (κ3) is 5.56. The number of hydrogen-bond donors (Lipinski definition) is 2. The molecule has 2 aromatic heterocycles. The topological polar surface area (TPSA) is 92.2 Å². The number of aryl methyl sites for hydroxylation is 2. The van der Waals surface area contributed by atoms with Crippen molar-refractivity contribution >= 4 is 29.1 Å². The maximum atomic E-state index is 12.6. The van der Waals surface area contributed by atoms with Crippen LogP contribution in [-0.4, -0.2) is 51.2 Å². The number of anilines is 1. The molecule has 32 heavy (non-hydrogen) atoms. The predicted molar refractivity (Wildman–Crippen MR) is 126 cm³/mol. The maximum Gasteiger partial charge on any atom is 0.317 e. The Balaban J connectivity index is 1.23. The second-order valence-electron chi connectivity index (χ2n) is 8.67. The molecule has 1 saturated heterocycles. The second-order valence-corrected chi connectivity index (χ2v) is 9.56. The minimum absolute atomic E-state index is 0.0329. The van der Waals surface area contributed by atoms with E-state index in [4.69, 9.17) is 0 Å². The number of nitrogens with zero attached hydrogens (tertiary/aromatic N) is 4. The van der Waals surface area contributed by atoms with Crippen molar-refractivity contribution in [3.8, 4) is 0 Å². The van der Waals surface area contributed by atoms with Gasteiger partial charge in [-0.25, -0.2) is 9.78 Å².